The van der Waals surface area contributed by atoms with Gasteiger partial charge in [-0.15, -0.1) is 0 Å². The second kappa shape index (κ2) is 5.74. The number of hydrogen-bond acceptors (Lipinski definition) is 3. The smallest absolute Gasteiger partial charge is 0.252 e. The van der Waals surface area contributed by atoms with Gasteiger partial charge in [-0.25, -0.2) is 4.98 Å². The van der Waals surface area contributed by atoms with Crippen molar-refractivity contribution in [2.24, 2.45) is 5.73 Å². The van der Waals surface area contributed by atoms with E-state index in [0.717, 1.165) is 19.3 Å². The van der Waals surface area contributed by atoms with Gasteiger partial charge in [0.15, 0.2) is 0 Å². The van der Waals surface area contributed by atoms with Gasteiger partial charge in [0.25, 0.3) is 5.91 Å². The SMILES string of the molecule is NC(=O)c1cnc(Cl)cc1NC1CCCc2ccccc21. The Morgan fingerprint density at radius 3 is 3.00 bits per heavy atom. The van der Waals surface area contributed by atoms with E-state index < -0.39 is 5.91 Å². The summed E-state index contributed by atoms with van der Waals surface area (Å²) in [5, 5.41) is 3.74. The lowest BCUT2D eigenvalue weighted by Crippen LogP contribution is -2.20. The summed E-state index contributed by atoms with van der Waals surface area (Å²) in [5.41, 5.74) is 9.03. The number of rotatable bonds is 3. The zero-order valence-electron chi connectivity index (χ0n) is 11.5. The monoisotopic (exact) mass is 301 g/mol. The zero-order valence-corrected chi connectivity index (χ0v) is 12.2. The lowest BCUT2D eigenvalue weighted by molar-refractivity contribution is 0.100. The second-order valence-corrected chi connectivity index (χ2v) is 5.59. The Balaban J connectivity index is 1.95. The maximum Gasteiger partial charge on any atom is 0.252 e. The standard InChI is InChI=1S/C16H16ClN3O/c17-15-8-14(12(9-19-15)16(18)21)20-13-7-3-5-10-4-1-2-6-11(10)13/h1-2,4,6,8-9,13H,3,5,7H2,(H2,18,21)(H,19,20). The van der Waals surface area contributed by atoms with Crippen molar-refractivity contribution in [3.63, 3.8) is 0 Å². The van der Waals surface area contributed by atoms with E-state index in [9.17, 15) is 4.79 Å². The van der Waals surface area contributed by atoms with Crippen molar-refractivity contribution in [3.05, 3.63) is 58.4 Å². The molecule has 1 heterocycles. The van der Waals surface area contributed by atoms with E-state index in [0.29, 0.717) is 16.4 Å². The van der Waals surface area contributed by atoms with Gasteiger partial charge in [-0.1, -0.05) is 35.9 Å². The Labute approximate surface area is 128 Å². The molecule has 5 heteroatoms. The summed E-state index contributed by atoms with van der Waals surface area (Å²) >= 11 is 5.94. The highest BCUT2D eigenvalue weighted by Gasteiger charge is 2.21. The number of primary amides is 1. The van der Waals surface area contributed by atoms with E-state index in [1.807, 2.05) is 6.07 Å². The average molecular weight is 302 g/mol. The first kappa shape index (κ1) is 13.9. The Bertz CT molecular complexity index is 687. The van der Waals surface area contributed by atoms with Crippen LogP contribution in [0.25, 0.3) is 0 Å². The molecule has 4 nitrogen and oxygen atoms in total. The van der Waals surface area contributed by atoms with Gasteiger partial charge in [-0.05, 0) is 36.5 Å². The zero-order chi connectivity index (χ0) is 14.8. The predicted octanol–water partition coefficient (Wildman–Crippen LogP) is 3.32. The summed E-state index contributed by atoms with van der Waals surface area (Å²) in [6.45, 7) is 0. The van der Waals surface area contributed by atoms with Crippen LogP contribution in [0.2, 0.25) is 5.15 Å². The molecule has 1 atom stereocenters. The second-order valence-electron chi connectivity index (χ2n) is 5.20. The number of nitrogens with one attached hydrogen (secondary N) is 1. The number of fused-ring (bicyclic) bond motifs is 1. The van der Waals surface area contributed by atoms with Crippen LogP contribution >= 0.6 is 11.6 Å². The van der Waals surface area contributed by atoms with Crippen molar-refractivity contribution in [1.29, 1.82) is 0 Å². The van der Waals surface area contributed by atoms with Crippen molar-refractivity contribution >= 4 is 23.2 Å². The van der Waals surface area contributed by atoms with E-state index in [2.05, 4.69) is 28.5 Å². The van der Waals surface area contributed by atoms with Crippen LogP contribution in [0.4, 0.5) is 5.69 Å². The number of carbonyl (C=O) groups excluding carboxylic acids is 1. The van der Waals surface area contributed by atoms with Crippen molar-refractivity contribution in [2.45, 2.75) is 25.3 Å². The minimum absolute atomic E-state index is 0.159. The van der Waals surface area contributed by atoms with Crippen LogP contribution < -0.4 is 11.1 Å². The molecule has 1 aliphatic carbocycles. The molecule has 1 amide bonds. The van der Waals surface area contributed by atoms with E-state index in [4.69, 9.17) is 17.3 Å². The summed E-state index contributed by atoms with van der Waals surface area (Å²) in [6, 6.07) is 10.2. The predicted molar refractivity (Wildman–Crippen MR) is 83.5 cm³/mol. The third kappa shape index (κ3) is 2.85. The number of anilines is 1. The molecule has 0 bridgehead atoms. The minimum Gasteiger partial charge on any atom is -0.377 e. The number of aryl methyl sites for hydroxylation is 1. The molecular formula is C16H16ClN3O. The van der Waals surface area contributed by atoms with Gasteiger partial charge in [0, 0.05) is 6.20 Å². The van der Waals surface area contributed by atoms with E-state index in [-0.39, 0.29) is 6.04 Å². The fourth-order valence-electron chi connectivity index (χ4n) is 2.84. The van der Waals surface area contributed by atoms with Crippen LogP contribution in [0.15, 0.2) is 36.5 Å². The largest absolute Gasteiger partial charge is 0.377 e. The van der Waals surface area contributed by atoms with Crippen molar-refractivity contribution in [2.75, 3.05) is 5.32 Å². The molecule has 3 rings (SSSR count). The first-order chi connectivity index (χ1) is 10.1. The molecule has 0 saturated heterocycles. The summed E-state index contributed by atoms with van der Waals surface area (Å²) in [7, 11) is 0. The molecule has 0 fully saturated rings. The molecule has 1 aliphatic rings. The molecular weight excluding hydrogens is 286 g/mol. The van der Waals surface area contributed by atoms with Gasteiger partial charge in [0.05, 0.1) is 17.3 Å². The van der Waals surface area contributed by atoms with Crippen LogP contribution in [0.1, 0.15) is 40.4 Å². The molecule has 3 N–H and O–H groups in total. The maximum absolute atomic E-state index is 11.5. The Morgan fingerprint density at radius 2 is 2.19 bits per heavy atom. The van der Waals surface area contributed by atoms with Crippen LogP contribution in [0.3, 0.4) is 0 Å². The quantitative estimate of drug-likeness (QED) is 0.855. The fourth-order valence-corrected chi connectivity index (χ4v) is 3.00. The summed E-state index contributed by atoms with van der Waals surface area (Å²) < 4.78 is 0. The van der Waals surface area contributed by atoms with Gasteiger partial charge in [0.1, 0.15) is 5.15 Å². The number of pyridine rings is 1. The molecule has 1 aromatic carbocycles. The van der Waals surface area contributed by atoms with Crippen molar-refractivity contribution in [1.82, 2.24) is 4.98 Å². The summed E-state index contributed by atoms with van der Waals surface area (Å²) in [4.78, 5) is 15.4. The van der Waals surface area contributed by atoms with E-state index >= 15 is 0 Å². The van der Waals surface area contributed by atoms with Gasteiger partial charge in [-0.2, -0.15) is 0 Å². The van der Waals surface area contributed by atoms with Gasteiger partial charge < -0.3 is 11.1 Å². The third-order valence-electron chi connectivity index (χ3n) is 3.84. The highest BCUT2D eigenvalue weighted by Crippen LogP contribution is 2.33. The minimum atomic E-state index is -0.509. The van der Waals surface area contributed by atoms with Crippen LogP contribution in [-0.4, -0.2) is 10.9 Å². The highest BCUT2D eigenvalue weighted by molar-refractivity contribution is 6.29. The molecule has 21 heavy (non-hydrogen) atoms. The number of aromatic nitrogens is 1. The number of halogens is 1. The Kier molecular flexibility index (Phi) is 3.80. The molecule has 0 saturated carbocycles. The first-order valence-electron chi connectivity index (χ1n) is 6.95. The third-order valence-corrected chi connectivity index (χ3v) is 4.04. The van der Waals surface area contributed by atoms with Gasteiger partial charge in [-0.3, -0.25) is 4.79 Å². The van der Waals surface area contributed by atoms with Crippen LogP contribution in [0.5, 0.6) is 0 Å². The average Bonchev–Trinajstić information content (AvgIpc) is 2.47. The molecule has 0 spiro atoms. The molecule has 1 aromatic heterocycles. The Hall–Kier alpha value is -2.07. The molecule has 1 unspecified atom stereocenters. The number of nitrogens with zero attached hydrogens (tertiary/aromatic N) is 1. The fraction of sp³-hybridized carbons (Fsp3) is 0.250. The van der Waals surface area contributed by atoms with Crippen molar-refractivity contribution in [3.8, 4) is 0 Å². The van der Waals surface area contributed by atoms with Crippen LogP contribution in [0, 0.1) is 0 Å². The number of nitrogens with two attached hydrogens (primary N) is 1. The van der Waals surface area contributed by atoms with E-state index in [1.54, 1.807) is 6.07 Å². The topological polar surface area (TPSA) is 68.0 Å². The summed E-state index contributed by atoms with van der Waals surface area (Å²) in [5.74, 6) is -0.509. The molecule has 0 radical (unpaired) electrons. The summed E-state index contributed by atoms with van der Waals surface area (Å²) in [6.07, 6.45) is 4.63. The molecule has 2 aromatic rings. The van der Waals surface area contributed by atoms with Crippen LogP contribution in [-0.2, 0) is 6.42 Å². The Morgan fingerprint density at radius 1 is 1.38 bits per heavy atom. The number of benzene rings is 1. The highest BCUT2D eigenvalue weighted by atomic mass is 35.5. The lowest BCUT2D eigenvalue weighted by atomic mass is 9.87. The van der Waals surface area contributed by atoms with Crippen molar-refractivity contribution < 1.29 is 4.79 Å². The normalized spacial score (nSPS) is 17.1. The molecule has 0 aliphatic heterocycles. The lowest BCUT2D eigenvalue weighted by Gasteiger charge is -2.27. The van der Waals surface area contributed by atoms with E-state index in [1.165, 1.54) is 17.3 Å². The van der Waals surface area contributed by atoms with Gasteiger partial charge in [0.2, 0.25) is 0 Å². The molecule has 108 valence electrons. The first-order valence-corrected chi connectivity index (χ1v) is 7.32. The maximum atomic E-state index is 11.5. The number of hydrogen-bond donors (Lipinski definition) is 2. The van der Waals surface area contributed by atoms with Gasteiger partial charge >= 0.3 is 0 Å². The number of amides is 1. The number of carbonyl (C=O) groups is 1.